The molecular formula is C15H29N3O. The minimum absolute atomic E-state index is 0.0956. The number of carbonyl (C=O) groups is 1. The molecule has 1 unspecified atom stereocenters. The highest BCUT2D eigenvalue weighted by molar-refractivity contribution is 5.77. The molecule has 0 radical (unpaired) electrons. The lowest BCUT2D eigenvalue weighted by Crippen LogP contribution is -2.54. The number of piperazine rings is 1. The van der Waals surface area contributed by atoms with Gasteiger partial charge in [-0.15, -0.1) is 0 Å². The predicted molar refractivity (Wildman–Crippen MR) is 77.9 cm³/mol. The van der Waals surface area contributed by atoms with Crippen molar-refractivity contribution in [3.63, 3.8) is 0 Å². The van der Waals surface area contributed by atoms with Crippen LogP contribution in [0, 0.1) is 5.41 Å². The number of amides is 1. The van der Waals surface area contributed by atoms with Crippen LogP contribution >= 0.6 is 0 Å². The van der Waals surface area contributed by atoms with E-state index in [4.69, 9.17) is 5.73 Å². The quantitative estimate of drug-likeness (QED) is 0.842. The molecule has 1 aliphatic carbocycles. The number of hydrogen-bond acceptors (Lipinski definition) is 3. The molecule has 0 aromatic rings. The maximum atomic E-state index is 12.6. The van der Waals surface area contributed by atoms with Crippen LogP contribution in [0.3, 0.4) is 0 Å². The molecule has 4 nitrogen and oxygen atoms in total. The smallest absolute Gasteiger partial charge is 0.223 e. The van der Waals surface area contributed by atoms with Gasteiger partial charge in [0.1, 0.15) is 0 Å². The summed E-state index contributed by atoms with van der Waals surface area (Å²) in [4.78, 5) is 17.0. The first kappa shape index (κ1) is 14.8. The van der Waals surface area contributed by atoms with E-state index in [1.54, 1.807) is 0 Å². The zero-order valence-corrected chi connectivity index (χ0v) is 12.5. The fourth-order valence-electron chi connectivity index (χ4n) is 3.69. The number of nitrogens with two attached hydrogens (primary N) is 1. The van der Waals surface area contributed by atoms with E-state index < -0.39 is 0 Å². The first-order chi connectivity index (χ1) is 9.06. The third-order valence-corrected chi connectivity index (χ3v) is 5.02. The third-order valence-electron chi connectivity index (χ3n) is 5.02. The normalized spacial score (nSPS) is 28.4. The summed E-state index contributed by atoms with van der Waals surface area (Å²) >= 11 is 0. The zero-order chi connectivity index (χ0) is 13.9. The van der Waals surface area contributed by atoms with Gasteiger partial charge in [0.15, 0.2) is 0 Å². The Hall–Kier alpha value is -0.610. The summed E-state index contributed by atoms with van der Waals surface area (Å²) in [6, 6.07) is 0.338. The molecule has 2 N–H and O–H groups in total. The van der Waals surface area contributed by atoms with E-state index in [1.807, 2.05) is 0 Å². The lowest BCUT2D eigenvalue weighted by atomic mass is 9.71. The van der Waals surface area contributed by atoms with Gasteiger partial charge in [0.05, 0.1) is 0 Å². The second-order valence-electron chi connectivity index (χ2n) is 6.64. The molecule has 0 aromatic carbocycles. The van der Waals surface area contributed by atoms with Crippen LogP contribution < -0.4 is 5.73 Å². The van der Waals surface area contributed by atoms with Crippen LogP contribution in [-0.4, -0.2) is 55.0 Å². The first-order valence-electron chi connectivity index (χ1n) is 7.74. The highest BCUT2D eigenvalue weighted by Gasteiger charge is 2.36. The molecule has 0 aromatic heterocycles. The molecule has 4 heteroatoms. The third kappa shape index (κ3) is 3.48. The van der Waals surface area contributed by atoms with Gasteiger partial charge in [0.25, 0.3) is 0 Å². The summed E-state index contributed by atoms with van der Waals surface area (Å²) in [5, 5.41) is 0. The molecule has 0 bridgehead atoms. The Bertz CT molecular complexity index is 313. The molecule has 1 saturated carbocycles. The monoisotopic (exact) mass is 267 g/mol. The van der Waals surface area contributed by atoms with Gasteiger partial charge in [-0.1, -0.05) is 19.3 Å². The molecular weight excluding hydrogens is 238 g/mol. The Balaban J connectivity index is 1.95. The van der Waals surface area contributed by atoms with Gasteiger partial charge in [-0.2, -0.15) is 0 Å². The SMILES string of the molecule is CC1CN(C)CCN1C(=O)CC1(CN)CCCCC1. The minimum atomic E-state index is 0.0956. The molecule has 1 saturated heterocycles. The van der Waals surface area contributed by atoms with Gasteiger partial charge in [-0.3, -0.25) is 4.79 Å². The van der Waals surface area contributed by atoms with Crippen molar-refractivity contribution in [3.05, 3.63) is 0 Å². The number of carbonyl (C=O) groups excluding carboxylic acids is 1. The van der Waals surface area contributed by atoms with Gasteiger partial charge >= 0.3 is 0 Å². The van der Waals surface area contributed by atoms with Gasteiger partial charge in [0.2, 0.25) is 5.91 Å². The van der Waals surface area contributed by atoms with E-state index in [0.717, 1.165) is 32.5 Å². The van der Waals surface area contributed by atoms with Crippen molar-refractivity contribution in [2.75, 3.05) is 33.2 Å². The number of hydrogen-bond donors (Lipinski definition) is 1. The summed E-state index contributed by atoms with van der Waals surface area (Å²) in [6.07, 6.45) is 6.72. The van der Waals surface area contributed by atoms with Crippen LogP contribution in [0.1, 0.15) is 45.4 Å². The van der Waals surface area contributed by atoms with Crippen LogP contribution in [0.5, 0.6) is 0 Å². The molecule has 19 heavy (non-hydrogen) atoms. The fourth-order valence-corrected chi connectivity index (χ4v) is 3.69. The Morgan fingerprint density at radius 2 is 1.95 bits per heavy atom. The molecule has 1 heterocycles. The number of likely N-dealkylation sites (N-methyl/N-ethyl adjacent to an activating group) is 1. The van der Waals surface area contributed by atoms with Crippen LogP contribution in [0.2, 0.25) is 0 Å². The first-order valence-corrected chi connectivity index (χ1v) is 7.74. The molecule has 1 atom stereocenters. The van der Waals surface area contributed by atoms with Crippen LogP contribution in [-0.2, 0) is 4.79 Å². The van der Waals surface area contributed by atoms with Gasteiger partial charge in [0, 0.05) is 32.1 Å². The maximum Gasteiger partial charge on any atom is 0.223 e. The summed E-state index contributed by atoms with van der Waals surface area (Å²) < 4.78 is 0. The molecule has 2 fully saturated rings. The summed E-state index contributed by atoms with van der Waals surface area (Å²) in [7, 11) is 2.13. The second-order valence-corrected chi connectivity index (χ2v) is 6.64. The van der Waals surface area contributed by atoms with Gasteiger partial charge in [-0.05, 0) is 38.8 Å². The lowest BCUT2D eigenvalue weighted by Gasteiger charge is -2.42. The summed E-state index contributed by atoms with van der Waals surface area (Å²) in [5.41, 5.74) is 6.09. The Morgan fingerprint density at radius 1 is 1.26 bits per heavy atom. The van der Waals surface area contributed by atoms with E-state index in [0.29, 0.717) is 24.9 Å². The molecule has 1 aliphatic heterocycles. The van der Waals surface area contributed by atoms with E-state index in [-0.39, 0.29) is 5.41 Å². The number of rotatable bonds is 3. The lowest BCUT2D eigenvalue weighted by molar-refractivity contribution is -0.138. The van der Waals surface area contributed by atoms with Gasteiger partial charge < -0.3 is 15.5 Å². The highest BCUT2D eigenvalue weighted by Crippen LogP contribution is 2.39. The van der Waals surface area contributed by atoms with Crippen molar-refractivity contribution >= 4 is 5.91 Å². The van der Waals surface area contributed by atoms with Crippen molar-refractivity contribution in [1.82, 2.24) is 9.80 Å². The van der Waals surface area contributed by atoms with E-state index >= 15 is 0 Å². The van der Waals surface area contributed by atoms with Crippen molar-refractivity contribution in [1.29, 1.82) is 0 Å². The largest absolute Gasteiger partial charge is 0.337 e. The standard InChI is InChI=1S/C15H29N3O/c1-13-11-17(2)8-9-18(13)14(19)10-15(12-16)6-4-3-5-7-15/h13H,3-12,16H2,1-2H3. The molecule has 2 aliphatic rings. The van der Waals surface area contributed by atoms with Crippen molar-refractivity contribution in [2.45, 2.75) is 51.5 Å². The fraction of sp³-hybridized carbons (Fsp3) is 0.933. The Kier molecular flexibility index (Phi) is 4.85. The van der Waals surface area contributed by atoms with Gasteiger partial charge in [-0.25, -0.2) is 0 Å². The predicted octanol–water partition coefficient (Wildman–Crippen LogP) is 1.45. The van der Waals surface area contributed by atoms with Crippen LogP contribution in [0.25, 0.3) is 0 Å². The minimum Gasteiger partial charge on any atom is -0.337 e. The Morgan fingerprint density at radius 3 is 2.53 bits per heavy atom. The zero-order valence-electron chi connectivity index (χ0n) is 12.5. The maximum absolute atomic E-state index is 12.6. The molecule has 110 valence electrons. The second kappa shape index (κ2) is 6.23. The summed E-state index contributed by atoms with van der Waals surface area (Å²) in [5.74, 6) is 0.327. The molecule has 2 rings (SSSR count). The number of nitrogens with zero attached hydrogens (tertiary/aromatic N) is 2. The van der Waals surface area contributed by atoms with Crippen molar-refractivity contribution in [2.24, 2.45) is 11.1 Å². The average Bonchev–Trinajstić information content (AvgIpc) is 2.39. The van der Waals surface area contributed by atoms with E-state index in [9.17, 15) is 4.79 Å². The van der Waals surface area contributed by atoms with E-state index in [1.165, 1.54) is 19.3 Å². The molecule has 0 spiro atoms. The van der Waals surface area contributed by atoms with Crippen LogP contribution in [0.15, 0.2) is 0 Å². The van der Waals surface area contributed by atoms with Crippen molar-refractivity contribution in [3.8, 4) is 0 Å². The van der Waals surface area contributed by atoms with Crippen molar-refractivity contribution < 1.29 is 4.79 Å². The van der Waals surface area contributed by atoms with E-state index in [2.05, 4.69) is 23.8 Å². The topological polar surface area (TPSA) is 49.6 Å². The Labute approximate surface area is 117 Å². The molecule has 1 amide bonds. The summed E-state index contributed by atoms with van der Waals surface area (Å²) in [6.45, 7) is 5.68. The highest BCUT2D eigenvalue weighted by atomic mass is 16.2. The van der Waals surface area contributed by atoms with Crippen LogP contribution in [0.4, 0.5) is 0 Å². The average molecular weight is 267 g/mol.